The van der Waals surface area contributed by atoms with Crippen LogP contribution in [0.2, 0.25) is 0 Å². The number of aromatic amines is 1. The van der Waals surface area contributed by atoms with Gasteiger partial charge in [0.1, 0.15) is 5.65 Å². The number of fused-ring (bicyclic) bond motifs is 1. The topological polar surface area (TPSA) is 85.5 Å². The molecule has 0 unspecified atom stereocenters. The van der Waals surface area contributed by atoms with Gasteiger partial charge in [-0.2, -0.15) is 0 Å². The van der Waals surface area contributed by atoms with Crippen molar-refractivity contribution in [2.45, 2.75) is 0 Å². The molecule has 4 rings (SSSR count). The van der Waals surface area contributed by atoms with E-state index >= 15 is 0 Å². The Balaban J connectivity index is 1.54. The van der Waals surface area contributed by atoms with E-state index in [9.17, 15) is 4.79 Å². The highest BCUT2D eigenvalue weighted by atomic mass is 16.5. The highest BCUT2D eigenvalue weighted by molar-refractivity contribution is 6.09. The van der Waals surface area contributed by atoms with E-state index in [1.54, 1.807) is 44.8 Å². The first kappa shape index (κ1) is 16.7. The van der Waals surface area contributed by atoms with Crippen LogP contribution in [-0.2, 0) is 9.53 Å². The average Bonchev–Trinajstić information content (AvgIpc) is 3.25. The van der Waals surface area contributed by atoms with Crippen LogP contribution in [0.5, 0.6) is 11.5 Å². The van der Waals surface area contributed by atoms with Crippen LogP contribution in [0.15, 0.2) is 60.4 Å². The van der Waals surface area contributed by atoms with E-state index in [0.717, 1.165) is 16.6 Å². The van der Waals surface area contributed by atoms with Gasteiger partial charge in [-0.15, -0.1) is 0 Å². The van der Waals surface area contributed by atoms with Crippen LogP contribution in [0.4, 0.5) is 5.69 Å². The average molecular weight is 363 g/mol. The van der Waals surface area contributed by atoms with Crippen LogP contribution in [0, 0.1) is 0 Å². The molecule has 7 heteroatoms. The van der Waals surface area contributed by atoms with Crippen molar-refractivity contribution in [3.05, 3.63) is 66.0 Å². The Morgan fingerprint density at radius 3 is 2.85 bits per heavy atom. The number of ether oxygens (including phenoxy) is 3. The zero-order chi connectivity index (χ0) is 18.8. The standard InChI is InChI=1S/C20H17N3O4/c1-25-16-6-5-13(9-18(16)26-2)23-19-10-15(24)17(27-19)8-12-11-22-20-14(12)4-3-7-21-20/h3-11,23H,1-2H3,(H,21,22)/b17-8-. The molecule has 7 nitrogen and oxygen atoms in total. The number of hydrogen-bond acceptors (Lipinski definition) is 6. The number of carbonyl (C=O) groups excluding carboxylic acids is 1. The third-order valence-corrected chi connectivity index (χ3v) is 4.15. The van der Waals surface area contributed by atoms with Crippen LogP contribution in [0.3, 0.4) is 0 Å². The maximum absolute atomic E-state index is 12.3. The number of pyridine rings is 1. The Hall–Kier alpha value is -3.74. The van der Waals surface area contributed by atoms with Crippen molar-refractivity contribution in [3.63, 3.8) is 0 Å². The highest BCUT2D eigenvalue weighted by Crippen LogP contribution is 2.31. The lowest BCUT2D eigenvalue weighted by Gasteiger charge is -2.11. The lowest BCUT2D eigenvalue weighted by atomic mass is 10.2. The Morgan fingerprint density at radius 2 is 2.04 bits per heavy atom. The zero-order valence-corrected chi connectivity index (χ0v) is 14.8. The molecule has 3 aromatic rings. The second kappa shape index (κ2) is 6.87. The Morgan fingerprint density at radius 1 is 1.19 bits per heavy atom. The molecule has 136 valence electrons. The smallest absolute Gasteiger partial charge is 0.226 e. The maximum Gasteiger partial charge on any atom is 0.226 e. The summed E-state index contributed by atoms with van der Waals surface area (Å²) >= 11 is 0. The third-order valence-electron chi connectivity index (χ3n) is 4.15. The summed E-state index contributed by atoms with van der Waals surface area (Å²) in [6.07, 6.45) is 6.61. The van der Waals surface area contributed by atoms with Crippen molar-refractivity contribution in [2.24, 2.45) is 0 Å². The molecule has 0 aliphatic carbocycles. The maximum atomic E-state index is 12.3. The second-order valence-corrected chi connectivity index (χ2v) is 5.82. The summed E-state index contributed by atoms with van der Waals surface area (Å²) in [4.78, 5) is 19.6. The van der Waals surface area contributed by atoms with Gasteiger partial charge in [0, 0.05) is 35.1 Å². The molecular formula is C20H17N3O4. The zero-order valence-electron chi connectivity index (χ0n) is 14.8. The molecule has 2 N–H and O–H groups in total. The fraction of sp³-hybridized carbons (Fsp3) is 0.100. The summed E-state index contributed by atoms with van der Waals surface area (Å²) in [6, 6.07) is 9.12. The Kier molecular flexibility index (Phi) is 4.25. The second-order valence-electron chi connectivity index (χ2n) is 5.82. The highest BCUT2D eigenvalue weighted by Gasteiger charge is 2.22. The quantitative estimate of drug-likeness (QED) is 0.675. The fourth-order valence-corrected chi connectivity index (χ4v) is 2.84. The fourth-order valence-electron chi connectivity index (χ4n) is 2.84. The summed E-state index contributed by atoms with van der Waals surface area (Å²) < 4.78 is 16.2. The SMILES string of the molecule is COc1ccc(NC2=CC(=O)/C(=C/c3c[nH]c4ncccc34)O2)cc1OC. The van der Waals surface area contributed by atoms with Crippen molar-refractivity contribution in [3.8, 4) is 11.5 Å². The molecule has 1 aromatic carbocycles. The first-order chi connectivity index (χ1) is 13.2. The minimum atomic E-state index is -0.212. The largest absolute Gasteiger partial charge is 0.493 e. The van der Waals surface area contributed by atoms with Crippen LogP contribution in [-0.4, -0.2) is 30.0 Å². The van der Waals surface area contributed by atoms with E-state index in [2.05, 4.69) is 15.3 Å². The predicted octanol–water partition coefficient (Wildman–Crippen LogP) is 3.47. The predicted molar refractivity (Wildman–Crippen MR) is 101 cm³/mol. The monoisotopic (exact) mass is 363 g/mol. The van der Waals surface area contributed by atoms with Crippen LogP contribution < -0.4 is 14.8 Å². The van der Waals surface area contributed by atoms with E-state index in [0.29, 0.717) is 23.1 Å². The molecule has 0 saturated heterocycles. The van der Waals surface area contributed by atoms with Crippen molar-refractivity contribution in [2.75, 3.05) is 19.5 Å². The molecule has 1 aliphatic heterocycles. The number of allylic oxidation sites excluding steroid dienone is 1. The van der Waals surface area contributed by atoms with Gasteiger partial charge in [-0.3, -0.25) is 4.79 Å². The molecular weight excluding hydrogens is 346 g/mol. The molecule has 0 saturated carbocycles. The number of ketones is 1. The molecule has 0 radical (unpaired) electrons. The Bertz CT molecular complexity index is 1080. The van der Waals surface area contributed by atoms with Gasteiger partial charge in [-0.1, -0.05) is 0 Å². The number of carbonyl (C=O) groups is 1. The van der Waals surface area contributed by atoms with Crippen LogP contribution >= 0.6 is 0 Å². The molecule has 0 bridgehead atoms. The Labute approximate surface area is 155 Å². The van der Waals surface area contributed by atoms with E-state index in [1.807, 2.05) is 18.2 Å². The van der Waals surface area contributed by atoms with Gasteiger partial charge < -0.3 is 24.5 Å². The van der Waals surface area contributed by atoms with E-state index in [1.165, 1.54) is 6.08 Å². The van der Waals surface area contributed by atoms with Crippen LogP contribution in [0.25, 0.3) is 17.1 Å². The van der Waals surface area contributed by atoms with Crippen molar-refractivity contribution in [1.82, 2.24) is 9.97 Å². The van der Waals surface area contributed by atoms with E-state index in [4.69, 9.17) is 14.2 Å². The molecule has 2 aromatic heterocycles. The summed E-state index contributed by atoms with van der Waals surface area (Å²) in [5, 5.41) is 3.98. The molecule has 27 heavy (non-hydrogen) atoms. The minimum Gasteiger partial charge on any atom is -0.493 e. The van der Waals surface area contributed by atoms with Crippen LogP contribution in [0.1, 0.15) is 5.56 Å². The van der Waals surface area contributed by atoms with E-state index in [-0.39, 0.29) is 11.5 Å². The number of nitrogens with one attached hydrogen (secondary N) is 2. The van der Waals surface area contributed by atoms with Gasteiger partial charge in [0.05, 0.1) is 20.3 Å². The lowest BCUT2D eigenvalue weighted by molar-refractivity contribution is -0.112. The molecule has 1 aliphatic rings. The first-order valence-electron chi connectivity index (χ1n) is 8.24. The van der Waals surface area contributed by atoms with Gasteiger partial charge in [0.25, 0.3) is 0 Å². The third kappa shape index (κ3) is 3.22. The molecule has 0 spiro atoms. The lowest BCUT2D eigenvalue weighted by Crippen LogP contribution is -2.00. The number of methoxy groups -OCH3 is 2. The van der Waals surface area contributed by atoms with E-state index < -0.39 is 0 Å². The number of H-pyrrole nitrogens is 1. The molecule has 0 atom stereocenters. The number of nitrogens with zero attached hydrogens (tertiary/aromatic N) is 1. The van der Waals surface area contributed by atoms with Gasteiger partial charge in [0.2, 0.25) is 11.7 Å². The van der Waals surface area contributed by atoms with Crippen molar-refractivity contribution >= 4 is 28.6 Å². The number of anilines is 1. The molecule has 0 fully saturated rings. The van der Waals surface area contributed by atoms with Crippen molar-refractivity contribution in [1.29, 1.82) is 0 Å². The normalized spacial score (nSPS) is 15.0. The van der Waals surface area contributed by atoms with Gasteiger partial charge in [0.15, 0.2) is 17.3 Å². The first-order valence-corrected chi connectivity index (χ1v) is 8.24. The summed E-state index contributed by atoms with van der Waals surface area (Å²) in [5.74, 6) is 1.57. The number of benzene rings is 1. The van der Waals surface area contributed by atoms with Gasteiger partial charge in [-0.05, 0) is 30.3 Å². The van der Waals surface area contributed by atoms with Gasteiger partial charge >= 0.3 is 0 Å². The molecule has 3 heterocycles. The summed E-state index contributed by atoms with van der Waals surface area (Å²) in [6.45, 7) is 0. The minimum absolute atomic E-state index is 0.212. The molecule has 0 amide bonds. The summed E-state index contributed by atoms with van der Waals surface area (Å²) in [7, 11) is 3.14. The number of hydrogen-bond donors (Lipinski definition) is 2. The van der Waals surface area contributed by atoms with Gasteiger partial charge in [-0.25, -0.2) is 4.98 Å². The number of aromatic nitrogens is 2. The van der Waals surface area contributed by atoms with Crippen molar-refractivity contribution < 1.29 is 19.0 Å². The number of rotatable bonds is 5. The summed E-state index contributed by atoms with van der Waals surface area (Å²) in [5.41, 5.74) is 2.30.